The summed E-state index contributed by atoms with van der Waals surface area (Å²) in [7, 11) is 0. The smallest absolute Gasteiger partial charge is 0.135 e. The van der Waals surface area contributed by atoms with Crippen molar-refractivity contribution in [2.45, 2.75) is 65.7 Å². The van der Waals surface area contributed by atoms with Gasteiger partial charge in [-0.3, -0.25) is 4.79 Å². The van der Waals surface area contributed by atoms with Gasteiger partial charge in [-0.15, -0.1) is 0 Å². The highest BCUT2D eigenvalue weighted by Gasteiger charge is 2.50. The largest absolute Gasteiger partial charge is 0.299 e. The van der Waals surface area contributed by atoms with Crippen molar-refractivity contribution in [2.75, 3.05) is 0 Å². The number of ketones is 1. The first-order valence-corrected chi connectivity index (χ1v) is 6.49. The Morgan fingerprint density at radius 1 is 1.07 bits per heavy atom. The Labute approximate surface area is 93.6 Å². The van der Waals surface area contributed by atoms with Crippen LogP contribution >= 0.6 is 0 Å². The van der Waals surface area contributed by atoms with Crippen LogP contribution in [-0.4, -0.2) is 5.78 Å². The van der Waals surface area contributed by atoms with Gasteiger partial charge in [0.15, 0.2) is 0 Å². The van der Waals surface area contributed by atoms with Crippen LogP contribution in [0.15, 0.2) is 0 Å². The quantitative estimate of drug-likeness (QED) is 0.686. The number of hydrogen-bond acceptors (Lipinski definition) is 1. The molecule has 3 aliphatic carbocycles. The van der Waals surface area contributed by atoms with E-state index in [4.69, 9.17) is 0 Å². The van der Waals surface area contributed by atoms with Crippen LogP contribution in [0, 0.1) is 16.7 Å². The average Bonchev–Trinajstić information content (AvgIpc) is 2.18. The highest BCUT2D eigenvalue weighted by molar-refractivity contribution is 5.82. The summed E-state index contributed by atoms with van der Waals surface area (Å²) in [4.78, 5) is 11.7. The number of hydrogen-bond donors (Lipinski definition) is 0. The zero-order valence-corrected chi connectivity index (χ0v) is 10.4. The van der Waals surface area contributed by atoms with Crippen LogP contribution in [0.2, 0.25) is 0 Å². The molecular weight excluding hydrogens is 184 g/mol. The Morgan fingerprint density at radius 2 is 1.53 bits per heavy atom. The lowest BCUT2D eigenvalue weighted by Crippen LogP contribution is -2.45. The maximum Gasteiger partial charge on any atom is 0.135 e. The highest BCUT2D eigenvalue weighted by Crippen LogP contribution is 2.59. The molecule has 0 aliphatic heterocycles. The molecule has 0 atom stereocenters. The van der Waals surface area contributed by atoms with E-state index in [1.165, 1.54) is 44.9 Å². The molecule has 2 bridgehead atoms. The summed E-state index contributed by atoms with van der Waals surface area (Å²) in [6.07, 6.45) is 8.83. The Hall–Kier alpha value is -0.330. The third kappa shape index (κ3) is 1.86. The van der Waals surface area contributed by atoms with Gasteiger partial charge >= 0.3 is 0 Å². The molecule has 0 aromatic carbocycles. The van der Waals surface area contributed by atoms with Crippen LogP contribution in [0.4, 0.5) is 0 Å². The number of Topliss-reactive ketones (excluding diaryl/α,β-unsaturated/α-hetero) is 1. The van der Waals surface area contributed by atoms with Crippen molar-refractivity contribution in [3.8, 4) is 0 Å². The van der Waals surface area contributed by atoms with Gasteiger partial charge in [0.2, 0.25) is 0 Å². The predicted octanol–water partition coefficient (Wildman–Crippen LogP) is 3.96. The highest BCUT2D eigenvalue weighted by atomic mass is 16.1. The van der Waals surface area contributed by atoms with Crippen molar-refractivity contribution in [1.82, 2.24) is 0 Å². The van der Waals surface area contributed by atoms with E-state index >= 15 is 0 Å². The SMILES string of the molecule is CC(=O)C12CCC(CC(C)C)(CC1)CC2. The van der Waals surface area contributed by atoms with E-state index in [0.29, 0.717) is 11.2 Å². The molecule has 0 amide bonds. The number of carbonyl (C=O) groups excluding carboxylic acids is 1. The van der Waals surface area contributed by atoms with Crippen LogP contribution < -0.4 is 0 Å². The molecule has 86 valence electrons. The second-order valence-corrected chi connectivity index (χ2v) is 6.43. The van der Waals surface area contributed by atoms with Gasteiger partial charge in [0.05, 0.1) is 0 Å². The lowest BCUT2D eigenvalue weighted by atomic mass is 9.51. The van der Waals surface area contributed by atoms with E-state index in [-0.39, 0.29) is 5.41 Å². The minimum Gasteiger partial charge on any atom is -0.299 e. The van der Waals surface area contributed by atoms with Gasteiger partial charge in [0.1, 0.15) is 5.78 Å². The number of rotatable bonds is 3. The van der Waals surface area contributed by atoms with Crippen molar-refractivity contribution >= 4 is 5.78 Å². The molecule has 15 heavy (non-hydrogen) atoms. The van der Waals surface area contributed by atoms with Gasteiger partial charge in [0.25, 0.3) is 0 Å². The van der Waals surface area contributed by atoms with Crippen LogP contribution in [0.3, 0.4) is 0 Å². The van der Waals surface area contributed by atoms with Crippen LogP contribution in [0.5, 0.6) is 0 Å². The van der Waals surface area contributed by atoms with Gasteiger partial charge in [-0.25, -0.2) is 0 Å². The summed E-state index contributed by atoms with van der Waals surface area (Å²) < 4.78 is 0. The van der Waals surface area contributed by atoms with Gasteiger partial charge < -0.3 is 0 Å². The fourth-order valence-corrected chi connectivity index (χ4v) is 3.96. The normalized spacial score (nSPS) is 39.7. The fourth-order valence-electron chi connectivity index (χ4n) is 3.96. The van der Waals surface area contributed by atoms with E-state index in [9.17, 15) is 4.79 Å². The Morgan fingerprint density at radius 3 is 1.87 bits per heavy atom. The second-order valence-electron chi connectivity index (χ2n) is 6.43. The average molecular weight is 208 g/mol. The van der Waals surface area contributed by atoms with Crippen LogP contribution in [-0.2, 0) is 4.79 Å². The zero-order valence-electron chi connectivity index (χ0n) is 10.4. The molecule has 0 radical (unpaired) electrons. The zero-order chi connectivity index (χ0) is 11.1. The molecule has 3 saturated carbocycles. The number of fused-ring (bicyclic) bond motifs is 3. The molecule has 3 aliphatic rings. The Kier molecular flexibility index (Phi) is 2.68. The van der Waals surface area contributed by atoms with Crippen LogP contribution in [0.25, 0.3) is 0 Å². The molecule has 0 saturated heterocycles. The van der Waals surface area contributed by atoms with Gasteiger partial charge in [0, 0.05) is 5.41 Å². The Balaban J connectivity index is 2.07. The van der Waals surface area contributed by atoms with Crippen LogP contribution in [0.1, 0.15) is 65.7 Å². The molecule has 0 aromatic heterocycles. The van der Waals surface area contributed by atoms with E-state index in [1.807, 2.05) is 0 Å². The minimum atomic E-state index is 0.110. The summed E-state index contributed by atoms with van der Waals surface area (Å²) in [6, 6.07) is 0. The molecule has 3 fully saturated rings. The summed E-state index contributed by atoms with van der Waals surface area (Å²) in [6.45, 7) is 6.47. The first kappa shape index (κ1) is 11.2. The van der Waals surface area contributed by atoms with E-state index < -0.39 is 0 Å². The maximum atomic E-state index is 11.7. The molecule has 0 spiro atoms. The third-order valence-corrected chi connectivity index (χ3v) is 4.99. The minimum absolute atomic E-state index is 0.110. The van der Waals surface area contributed by atoms with Gasteiger partial charge in [-0.1, -0.05) is 13.8 Å². The first-order chi connectivity index (χ1) is 6.98. The molecule has 0 N–H and O–H groups in total. The molecule has 1 nitrogen and oxygen atoms in total. The lowest BCUT2D eigenvalue weighted by Gasteiger charge is -2.53. The summed E-state index contributed by atoms with van der Waals surface area (Å²) in [5.74, 6) is 1.27. The number of carbonyl (C=O) groups is 1. The predicted molar refractivity (Wildman–Crippen MR) is 62.7 cm³/mol. The molecule has 0 unspecified atom stereocenters. The van der Waals surface area contributed by atoms with Crippen molar-refractivity contribution in [3.05, 3.63) is 0 Å². The molecule has 0 heterocycles. The van der Waals surface area contributed by atoms with E-state index in [0.717, 1.165) is 5.92 Å². The maximum absolute atomic E-state index is 11.7. The monoisotopic (exact) mass is 208 g/mol. The topological polar surface area (TPSA) is 17.1 Å². The fraction of sp³-hybridized carbons (Fsp3) is 0.929. The van der Waals surface area contributed by atoms with Gasteiger partial charge in [-0.2, -0.15) is 0 Å². The first-order valence-electron chi connectivity index (χ1n) is 6.49. The van der Waals surface area contributed by atoms with Crippen molar-refractivity contribution < 1.29 is 4.79 Å². The molecule has 0 aromatic rings. The summed E-state index contributed by atoms with van der Waals surface area (Å²) >= 11 is 0. The second kappa shape index (κ2) is 3.61. The third-order valence-electron chi connectivity index (χ3n) is 4.99. The summed E-state index contributed by atoms with van der Waals surface area (Å²) in [5.41, 5.74) is 0.726. The Bertz CT molecular complexity index is 240. The molecule has 3 rings (SSSR count). The van der Waals surface area contributed by atoms with Gasteiger partial charge in [-0.05, 0) is 63.2 Å². The molecule has 1 heteroatoms. The van der Waals surface area contributed by atoms with E-state index in [1.54, 1.807) is 6.92 Å². The standard InChI is InChI=1S/C14H24O/c1-11(2)10-13-4-7-14(8-5-13,9-6-13)12(3)15/h11H,4-10H2,1-3H3. The summed E-state index contributed by atoms with van der Waals surface area (Å²) in [5, 5.41) is 0. The van der Waals surface area contributed by atoms with Crippen molar-refractivity contribution in [2.24, 2.45) is 16.7 Å². The van der Waals surface area contributed by atoms with Crippen molar-refractivity contribution in [3.63, 3.8) is 0 Å². The lowest BCUT2D eigenvalue weighted by molar-refractivity contribution is -0.136. The van der Waals surface area contributed by atoms with Crippen molar-refractivity contribution in [1.29, 1.82) is 0 Å². The molecular formula is C14H24O. The van der Waals surface area contributed by atoms with E-state index in [2.05, 4.69) is 13.8 Å².